The SMILES string of the molecule is C.C[n+]1cccc(C(=O)NCCCS(=O)(=O)[O-])c1.O=C(NCCCS(=O)(=O)O)c1ccccc1. The molecule has 0 bridgehead atoms. The van der Waals surface area contributed by atoms with Gasteiger partial charge in [0.25, 0.3) is 21.9 Å². The molecule has 11 nitrogen and oxygen atoms in total. The molecule has 2 aromatic rings. The van der Waals surface area contributed by atoms with Crippen LogP contribution < -0.4 is 15.2 Å². The van der Waals surface area contributed by atoms with Crippen molar-refractivity contribution in [2.24, 2.45) is 7.05 Å². The highest BCUT2D eigenvalue weighted by Crippen LogP contribution is 1.98. The van der Waals surface area contributed by atoms with E-state index in [0.29, 0.717) is 11.1 Å². The van der Waals surface area contributed by atoms with E-state index in [2.05, 4.69) is 10.6 Å². The van der Waals surface area contributed by atoms with Gasteiger partial charge in [-0.15, -0.1) is 0 Å². The molecule has 0 spiro atoms. The maximum Gasteiger partial charge on any atom is 0.264 e. The number of amides is 2. The molecule has 0 aliphatic rings. The minimum absolute atomic E-state index is 0. The van der Waals surface area contributed by atoms with Crippen LogP contribution in [0, 0.1) is 0 Å². The van der Waals surface area contributed by atoms with Gasteiger partial charge in [0, 0.05) is 30.5 Å². The average molecular weight is 518 g/mol. The molecule has 2 amide bonds. The predicted molar refractivity (Wildman–Crippen MR) is 126 cm³/mol. The molecule has 1 heterocycles. The summed E-state index contributed by atoms with van der Waals surface area (Å²) < 4.78 is 61.9. The number of hydrogen-bond donors (Lipinski definition) is 3. The number of rotatable bonds is 10. The first-order valence-electron chi connectivity index (χ1n) is 9.83. The summed E-state index contributed by atoms with van der Waals surface area (Å²) in [5.74, 6) is -1.35. The summed E-state index contributed by atoms with van der Waals surface area (Å²) in [4.78, 5) is 23.0. The highest BCUT2D eigenvalue weighted by molar-refractivity contribution is 7.85. The molecule has 0 saturated carbocycles. The number of nitrogens with one attached hydrogen (secondary N) is 2. The topological polar surface area (TPSA) is 174 Å². The molecule has 13 heteroatoms. The van der Waals surface area contributed by atoms with E-state index < -0.39 is 26.0 Å². The maximum atomic E-state index is 11.6. The summed E-state index contributed by atoms with van der Waals surface area (Å²) in [5, 5.41) is 5.10. The van der Waals surface area contributed by atoms with Gasteiger partial charge >= 0.3 is 0 Å². The first-order valence-corrected chi connectivity index (χ1v) is 13.0. The predicted octanol–water partition coefficient (Wildman–Crippen LogP) is 0.507. The van der Waals surface area contributed by atoms with Gasteiger partial charge in [-0.05, 0) is 31.0 Å². The van der Waals surface area contributed by atoms with Crippen LogP contribution in [-0.4, -0.2) is 62.4 Å². The molecule has 1 aromatic heterocycles. The number of benzene rings is 1. The van der Waals surface area contributed by atoms with E-state index in [9.17, 15) is 31.0 Å². The number of aryl methyl sites for hydroxylation is 1. The molecule has 0 saturated heterocycles. The van der Waals surface area contributed by atoms with Gasteiger partial charge in [-0.2, -0.15) is 8.42 Å². The summed E-state index contributed by atoms with van der Waals surface area (Å²) in [6.45, 7) is 0.381. The molecule has 0 aliphatic carbocycles. The molecule has 190 valence electrons. The van der Waals surface area contributed by atoms with Crippen LogP contribution in [-0.2, 0) is 27.3 Å². The van der Waals surface area contributed by atoms with E-state index in [1.165, 1.54) is 0 Å². The third-order valence-corrected chi connectivity index (χ3v) is 5.55. The summed E-state index contributed by atoms with van der Waals surface area (Å²) in [6, 6.07) is 12.0. The van der Waals surface area contributed by atoms with Crippen molar-refractivity contribution in [3.8, 4) is 0 Å². The first kappa shape index (κ1) is 31.1. The molecule has 0 aliphatic heterocycles. The second-order valence-electron chi connectivity index (χ2n) is 6.89. The number of carbonyl (C=O) groups is 2. The minimum Gasteiger partial charge on any atom is -0.748 e. The average Bonchev–Trinajstić information content (AvgIpc) is 2.74. The number of pyridine rings is 1. The van der Waals surface area contributed by atoms with E-state index in [0.717, 1.165) is 0 Å². The lowest BCUT2D eigenvalue weighted by Crippen LogP contribution is -2.31. The summed E-state index contributed by atoms with van der Waals surface area (Å²) >= 11 is 0. The Kier molecular flexibility index (Phi) is 13.8. The number of nitrogens with zero attached hydrogens (tertiary/aromatic N) is 1. The van der Waals surface area contributed by atoms with E-state index in [4.69, 9.17) is 4.55 Å². The summed E-state index contributed by atoms with van der Waals surface area (Å²) in [7, 11) is -6.34. The van der Waals surface area contributed by atoms with Gasteiger partial charge in [0.15, 0.2) is 12.4 Å². The van der Waals surface area contributed by atoms with Crippen molar-refractivity contribution < 1.29 is 40.1 Å². The monoisotopic (exact) mass is 517 g/mol. The van der Waals surface area contributed by atoms with Gasteiger partial charge in [0.05, 0.1) is 15.9 Å². The Balaban J connectivity index is 0.000000623. The van der Waals surface area contributed by atoms with Gasteiger partial charge in [-0.1, -0.05) is 25.6 Å². The molecule has 3 N–H and O–H groups in total. The molecule has 2 rings (SSSR count). The van der Waals surface area contributed by atoms with Crippen LogP contribution >= 0.6 is 0 Å². The van der Waals surface area contributed by atoms with Crippen molar-refractivity contribution in [1.82, 2.24) is 10.6 Å². The van der Waals surface area contributed by atoms with Crippen molar-refractivity contribution in [3.05, 3.63) is 66.0 Å². The highest BCUT2D eigenvalue weighted by atomic mass is 32.2. The molecule has 34 heavy (non-hydrogen) atoms. The van der Waals surface area contributed by atoms with Gasteiger partial charge < -0.3 is 15.2 Å². The second-order valence-corrected chi connectivity index (χ2v) is 9.99. The standard InChI is InChI=1S/C10H14N2O4S.C10H13NO4S.CH4/c1-12-6-2-4-9(8-12)10(13)11-5-3-7-17(14,15)16;12-10(9-5-2-1-3-6-9)11-7-4-8-16(13,14)15;/h2,4,6,8H,3,5,7H2,1H3,(H-,11,13,14,15,16);1-3,5-6H,4,7-8H2,(H,11,12)(H,13,14,15);1H4. The fourth-order valence-corrected chi connectivity index (χ4v) is 3.43. The molecule has 0 fully saturated rings. The largest absolute Gasteiger partial charge is 0.748 e. The van der Waals surface area contributed by atoms with Crippen LogP contribution in [0.25, 0.3) is 0 Å². The van der Waals surface area contributed by atoms with E-state index >= 15 is 0 Å². The van der Waals surface area contributed by atoms with Gasteiger partial charge in [0.1, 0.15) is 12.6 Å². The molecule has 0 unspecified atom stereocenters. The van der Waals surface area contributed by atoms with E-state index in [1.807, 2.05) is 0 Å². The first-order chi connectivity index (χ1) is 15.4. The van der Waals surface area contributed by atoms with Crippen molar-refractivity contribution in [3.63, 3.8) is 0 Å². The Morgan fingerprint density at radius 1 is 0.882 bits per heavy atom. The normalized spacial score (nSPS) is 10.8. The Bertz CT molecular complexity index is 1120. The Labute approximate surface area is 200 Å². The Morgan fingerprint density at radius 3 is 1.88 bits per heavy atom. The zero-order chi connectivity index (χ0) is 24.9. The third-order valence-electron chi connectivity index (χ3n) is 3.96. The molecular formula is C21H31N3O8S2. The van der Waals surface area contributed by atoms with Crippen molar-refractivity contribution in [1.29, 1.82) is 0 Å². The van der Waals surface area contributed by atoms with Crippen LogP contribution in [0.2, 0.25) is 0 Å². The Morgan fingerprint density at radius 2 is 1.38 bits per heavy atom. The van der Waals surface area contributed by atoms with Crippen molar-refractivity contribution >= 4 is 32.1 Å². The lowest BCUT2D eigenvalue weighted by atomic mass is 10.2. The zero-order valence-corrected chi connectivity index (χ0v) is 19.6. The number of aromatic nitrogens is 1. The van der Waals surface area contributed by atoms with Crippen LogP contribution in [0.1, 0.15) is 41.0 Å². The molecule has 1 aromatic carbocycles. The molecule has 0 atom stereocenters. The third kappa shape index (κ3) is 15.1. The second kappa shape index (κ2) is 15.1. The van der Waals surface area contributed by atoms with Crippen LogP contribution in [0.15, 0.2) is 54.9 Å². The fraction of sp³-hybridized carbons (Fsp3) is 0.381. The lowest BCUT2D eigenvalue weighted by molar-refractivity contribution is -0.671. The molecular weight excluding hydrogens is 486 g/mol. The fourth-order valence-electron chi connectivity index (χ4n) is 2.42. The highest BCUT2D eigenvalue weighted by Gasteiger charge is 2.08. The van der Waals surface area contributed by atoms with Gasteiger partial charge in [-0.25, -0.2) is 13.0 Å². The van der Waals surface area contributed by atoms with Crippen LogP contribution in [0.3, 0.4) is 0 Å². The van der Waals surface area contributed by atoms with E-state index in [1.54, 1.807) is 66.5 Å². The number of carbonyl (C=O) groups excluding carboxylic acids is 2. The van der Waals surface area contributed by atoms with Gasteiger partial charge in [-0.3, -0.25) is 14.1 Å². The van der Waals surface area contributed by atoms with Gasteiger partial charge in [0.2, 0.25) is 0 Å². The van der Waals surface area contributed by atoms with Crippen molar-refractivity contribution in [2.45, 2.75) is 20.3 Å². The zero-order valence-electron chi connectivity index (χ0n) is 18.0. The molecule has 0 radical (unpaired) electrons. The van der Waals surface area contributed by atoms with Crippen LogP contribution in [0.4, 0.5) is 0 Å². The minimum atomic E-state index is -4.20. The maximum absolute atomic E-state index is 11.6. The lowest BCUT2D eigenvalue weighted by Gasteiger charge is -2.07. The summed E-state index contributed by atoms with van der Waals surface area (Å²) in [5.41, 5.74) is 1.01. The smallest absolute Gasteiger partial charge is 0.264 e. The number of hydrogen-bond acceptors (Lipinski definition) is 7. The summed E-state index contributed by atoms with van der Waals surface area (Å²) in [6.07, 6.45) is 3.76. The van der Waals surface area contributed by atoms with Crippen LogP contribution in [0.5, 0.6) is 0 Å². The Hall–Kier alpha value is -2.87. The van der Waals surface area contributed by atoms with E-state index in [-0.39, 0.29) is 50.9 Å². The van der Waals surface area contributed by atoms with Crippen molar-refractivity contribution in [2.75, 3.05) is 24.6 Å². The quantitative estimate of drug-likeness (QED) is 0.232.